The Balaban J connectivity index is 2.07. The molecule has 1 saturated carbocycles. The van der Waals surface area contributed by atoms with Crippen LogP contribution in [0.3, 0.4) is 0 Å². The maximum Gasteiger partial charge on any atom is 0.228 e. The molecule has 1 aliphatic carbocycles. The van der Waals surface area contributed by atoms with Gasteiger partial charge in [-0.15, -0.1) is 0 Å². The second-order valence-electron chi connectivity index (χ2n) is 5.36. The highest BCUT2D eigenvalue weighted by molar-refractivity contribution is 5.83. The number of nitrogens with zero attached hydrogens (tertiary/aromatic N) is 1. The Hall–Kier alpha value is -0.610. The average molecular weight is 225 g/mol. The van der Waals surface area contributed by atoms with E-state index in [1.54, 1.807) is 0 Å². The quantitative estimate of drug-likeness (QED) is 0.712. The molecule has 1 unspecified atom stereocenters. The second-order valence-corrected chi connectivity index (χ2v) is 5.36. The fraction of sp³-hybridized carbons (Fsp3) is 0.917. The van der Waals surface area contributed by atoms with Crippen LogP contribution in [0, 0.1) is 5.41 Å². The Bertz CT molecular complexity index is 261. The molecule has 1 heterocycles. The summed E-state index contributed by atoms with van der Waals surface area (Å²) in [7, 11) is 0. The van der Waals surface area contributed by atoms with Gasteiger partial charge in [-0.3, -0.25) is 4.79 Å². The number of nitrogens with one attached hydrogen (secondary N) is 1. The number of hydrogen-bond donors (Lipinski definition) is 2. The van der Waals surface area contributed by atoms with Gasteiger partial charge in [0.15, 0.2) is 0 Å². The van der Waals surface area contributed by atoms with Crippen molar-refractivity contribution in [3.05, 3.63) is 0 Å². The third-order valence-corrected chi connectivity index (χ3v) is 4.11. The summed E-state index contributed by atoms with van der Waals surface area (Å²) in [5.74, 6) is 0.335. The zero-order valence-corrected chi connectivity index (χ0v) is 10.2. The molecule has 0 bridgehead atoms. The van der Waals surface area contributed by atoms with Crippen molar-refractivity contribution in [2.45, 2.75) is 38.6 Å². The lowest BCUT2D eigenvalue weighted by Gasteiger charge is -2.40. The first kappa shape index (κ1) is 11.9. The van der Waals surface area contributed by atoms with E-state index in [1.165, 1.54) is 12.8 Å². The number of hydrogen-bond acceptors (Lipinski definition) is 3. The summed E-state index contributed by atoms with van der Waals surface area (Å²) in [5, 5.41) is 3.30. The summed E-state index contributed by atoms with van der Waals surface area (Å²) in [4.78, 5) is 14.5. The first-order valence-corrected chi connectivity index (χ1v) is 6.39. The molecular weight excluding hydrogens is 202 g/mol. The van der Waals surface area contributed by atoms with E-state index in [1.807, 2.05) is 4.90 Å². The minimum Gasteiger partial charge on any atom is -0.335 e. The van der Waals surface area contributed by atoms with Crippen molar-refractivity contribution < 1.29 is 4.79 Å². The summed E-state index contributed by atoms with van der Waals surface area (Å²) in [5.41, 5.74) is 5.63. The lowest BCUT2D eigenvalue weighted by Crippen LogP contribution is -2.59. The molecule has 1 aliphatic heterocycles. The zero-order chi connectivity index (χ0) is 11.6. The predicted molar refractivity (Wildman–Crippen MR) is 64.0 cm³/mol. The molecule has 1 atom stereocenters. The van der Waals surface area contributed by atoms with Crippen molar-refractivity contribution in [2.24, 2.45) is 11.1 Å². The Morgan fingerprint density at radius 1 is 1.50 bits per heavy atom. The molecule has 4 nitrogen and oxygen atoms in total. The van der Waals surface area contributed by atoms with E-state index >= 15 is 0 Å². The Morgan fingerprint density at radius 3 is 2.81 bits per heavy atom. The number of nitrogens with two attached hydrogens (primary N) is 1. The second kappa shape index (κ2) is 4.72. The van der Waals surface area contributed by atoms with Crippen molar-refractivity contribution in [3.8, 4) is 0 Å². The fourth-order valence-corrected chi connectivity index (χ4v) is 2.95. The Morgan fingerprint density at radius 2 is 2.19 bits per heavy atom. The van der Waals surface area contributed by atoms with E-state index in [4.69, 9.17) is 5.73 Å². The number of rotatable bonds is 2. The SMILES string of the molecule is CC1(C(=O)N2CCNCC2CN)CCCC1. The molecule has 0 aromatic rings. The third-order valence-electron chi connectivity index (χ3n) is 4.11. The van der Waals surface area contributed by atoms with Crippen LogP contribution in [-0.2, 0) is 4.79 Å². The lowest BCUT2D eigenvalue weighted by atomic mass is 9.86. The smallest absolute Gasteiger partial charge is 0.228 e. The van der Waals surface area contributed by atoms with Gasteiger partial charge in [0.2, 0.25) is 5.91 Å². The minimum atomic E-state index is -0.106. The van der Waals surface area contributed by atoms with Gasteiger partial charge in [0.25, 0.3) is 0 Å². The van der Waals surface area contributed by atoms with Crippen molar-refractivity contribution in [1.29, 1.82) is 0 Å². The largest absolute Gasteiger partial charge is 0.335 e. The summed E-state index contributed by atoms with van der Waals surface area (Å²) in [6, 6.07) is 0.193. The third kappa shape index (κ3) is 2.09. The van der Waals surface area contributed by atoms with Gasteiger partial charge in [0.1, 0.15) is 0 Å². The molecule has 3 N–H and O–H groups in total. The molecule has 16 heavy (non-hydrogen) atoms. The van der Waals surface area contributed by atoms with Crippen LogP contribution in [-0.4, -0.2) is 43.0 Å². The molecule has 1 amide bonds. The molecule has 4 heteroatoms. The molecule has 92 valence electrons. The maximum absolute atomic E-state index is 12.5. The number of piperazine rings is 1. The molecule has 0 spiro atoms. The summed E-state index contributed by atoms with van der Waals surface area (Å²) >= 11 is 0. The van der Waals surface area contributed by atoms with E-state index in [0.29, 0.717) is 12.5 Å². The average Bonchev–Trinajstić information content (AvgIpc) is 2.76. The van der Waals surface area contributed by atoms with Crippen molar-refractivity contribution in [3.63, 3.8) is 0 Å². The standard InChI is InChI=1S/C12H23N3O/c1-12(4-2-3-5-12)11(16)15-7-6-14-9-10(15)8-13/h10,14H,2-9,13H2,1H3. The van der Waals surface area contributed by atoms with Gasteiger partial charge in [0.05, 0.1) is 6.04 Å². The van der Waals surface area contributed by atoms with Crippen molar-refractivity contribution in [2.75, 3.05) is 26.2 Å². The highest BCUT2D eigenvalue weighted by Gasteiger charge is 2.41. The van der Waals surface area contributed by atoms with Gasteiger partial charge in [-0.25, -0.2) is 0 Å². The molecule has 2 aliphatic rings. The molecule has 0 aromatic heterocycles. The van der Waals surface area contributed by atoms with Gasteiger partial charge >= 0.3 is 0 Å². The van der Waals surface area contributed by atoms with E-state index in [-0.39, 0.29) is 11.5 Å². The first-order chi connectivity index (χ1) is 7.67. The maximum atomic E-state index is 12.5. The molecular formula is C12H23N3O. The molecule has 0 aromatic carbocycles. The predicted octanol–water partition coefficient (Wildman–Crippen LogP) is 0.326. The Kier molecular flexibility index (Phi) is 3.50. The van der Waals surface area contributed by atoms with Crippen molar-refractivity contribution >= 4 is 5.91 Å². The molecule has 1 saturated heterocycles. The van der Waals surface area contributed by atoms with E-state index in [9.17, 15) is 4.79 Å². The van der Waals surface area contributed by atoms with Crippen LogP contribution in [0.25, 0.3) is 0 Å². The number of carbonyl (C=O) groups is 1. The van der Waals surface area contributed by atoms with Gasteiger partial charge < -0.3 is 16.0 Å². The van der Waals surface area contributed by atoms with Crippen LogP contribution >= 0.6 is 0 Å². The van der Waals surface area contributed by atoms with Gasteiger partial charge in [-0.2, -0.15) is 0 Å². The van der Waals surface area contributed by atoms with Gasteiger partial charge in [0, 0.05) is 31.6 Å². The van der Waals surface area contributed by atoms with Gasteiger partial charge in [-0.05, 0) is 12.8 Å². The number of carbonyl (C=O) groups excluding carboxylic acids is 1. The van der Waals surface area contributed by atoms with E-state index < -0.39 is 0 Å². The van der Waals surface area contributed by atoms with Crippen LogP contribution in [0.4, 0.5) is 0 Å². The molecule has 2 fully saturated rings. The van der Waals surface area contributed by atoms with E-state index in [0.717, 1.165) is 32.5 Å². The summed E-state index contributed by atoms with van der Waals surface area (Å²) in [6.07, 6.45) is 4.49. The first-order valence-electron chi connectivity index (χ1n) is 6.39. The Labute approximate surface area is 97.6 Å². The van der Waals surface area contributed by atoms with Crippen LogP contribution in [0.15, 0.2) is 0 Å². The van der Waals surface area contributed by atoms with Crippen molar-refractivity contribution in [1.82, 2.24) is 10.2 Å². The highest BCUT2D eigenvalue weighted by atomic mass is 16.2. The molecule has 0 radical (unpaired) electrons. The van der Waals surface area contributed by atoms with Crippen LogP contribution in [0.1, 0.15) is 32.6 Å². The lowest BCUT2D eigenvalue weighted by molar-refractivity contribution is -0.144. The van der Waals surface area contributed by atoms with Crippen LogP contribution in [0.5, 0.6) is 0 Å². The molecule has 2 rings (SSSR count). The summed E-state index contributed by atoms with van der Waals surface area (Å²) in [6.45, 7) is 5.25. The van der Waals surface area contributed by atoms with Crippen LogP contribution < -0.4 is 11.1 Å². The normalized spacial score (nSPS) is 29.4. The summed E-state index contributed by atoms with van der Waals surface area (Å²) < 4.78 is 0. The number of amides is 1. The van der Waals surface area contributed by atoms with Crippen LogP contribution in [0.2, 0.25) is 0 Å². The monoisotopic (exact) mass is 225 g/mol. The van der Waals surface area contributed by atoms with E-state index in [2.05, 4.69) is 12.2 Å². The van der Waals surface area contributed by atoms with Gasteiger partial charge in [-0.1, -0.05) is 19.8 Å². The highest BCUT2D eigenvalue weighted by Crippen LogP contribution is 2.39. The fourth-order valence-electron chi connectivity index (χ4n) is 2.95. The zero-order valence-electron chi connectivity index (χ0n) is 10.2. The topological polar surface area (TPSA) is 58.4 Å². The minimum absolute atomic E-state index is 0.106.